The first-order valence-electron chi connectivity index (χ1n) is 8.94. The molecular formula is C19H22FN3O2S. The van der Waals surface area contributed by atoms with Crippen molar-refractivity contribution in [2.75, 3.05) is 26.2 Å². The van der Waals surface area contributed by atoms with Crippen LogP contribution in [0, 0.1) is 11.7 Å². The van der Waals surface area contributed by atoms with Gasteiger partial charge in [-0.25, -0.2) is 9.37 Å². The molecule has 4 heterocycles. The molecule has 7 heteroatoms. The smallest absolute Gasteiger partial charge is 0.260 e. The van der Waals surface area contributed by atoms with Gasteiger partial charge in [0.1, 0.15) is 11.6 Å². The molecule has 1 aromatic carbocycles. The summed E-state index contributed by atoms with van der Waals surface area (Å²) in [6.45, 7) is 3.54. The minimum atomic E-state index is -0.311. The van der Waals surface area contributed by atoms with Crippen molar-refractivity contribution < 1.29 is 13.9 Å². The number of thiazole rings is 1. The van der Waals surface area contributed by atoms with Gasteiger partial charge in [0.25, 0.3) is 5.91 Å². The first kappa shape index (κ1) is 17.4. The molecule has 1 aromatic heterocycles. The van der Waals surface area contributed by atoms with Crippen molar-refractivity contribution in [3.8, 4) is 5.75 Å². The molecule has 2 aromatic rings. The van der Waals surface area contributed by atoms with E-state index in [0.29, 0.717) is 11.7 Å². The normalized spacial score (nSPS) is 23.0. The van der Waals surface area contributed by atoms with Crippen molar-refractivity contribution >= 4 is 17.2 Å². The fraction of sp³-hybridized carbons (Fsp3) is 0.474. The number of piperidine rings is 1. The van der Waals surface area contributed by atoms with Gasteiger partial charge in [-0.05, 0) is 43.0 Å². The fourth-order valence-electron chi connectivity index (χ4n) is 3.92. The number of nitrogens with zero attached hydrogens (tertiary/aromatic N) is 3. The van der Waals surface area contributed by atoms with E-state index in [1.807, 2.05) is 10.4 Å². The number of hydrogen-bond donors (Lipinski definition) is 0. The molecule has 0 N–H and O–H groups in total. The van der Waals surface area contributed by atoms with E-state index in [2.05, 4.69) is 15.3 Å². The zero-order valence-electron chi connectivity index (χ0n) is 14.5. The number of halogens is 1. The van der Waals surface area contributed by atoms with Crippen LogP contribution in [-0.2, 0) is 11.3 Å². The molecule has 138 valence electrons. The van der Waals surface area contributed by atoms with Crippen LogP contribution in [0.2, 0.25) is 0 Å². The third-order valence-corrected chi connectivity index (χ3v) is 5.79. The van der Waals surface area contributed by atoms with Gasteiger partial charge in [-0.2, -0.15) is 0 Å². The zero-order valence-corrected chi connectivity index (χ0v) is 15.3. The molecule has 5 rings (SSSR count). The van der Waals surface area contributed by atoms with Gasteiger partial charge in [-0.15, -0.1) is 11.3 Å². The SMILES string of the molecule is O=C(COc1ccc(F)cc1)N1CC2CCC1CN(Cc1cscn1)C2. The minimum absolute atomic E-state index is 0.000931. The second-order valence-corrected chi connectivity index (χ2v) is 7.78. The van der Waals surface area contributed by atoms with E-state index < -0.39 is 0 Å². The van der Waals surface area contributed by atoms with E-state index in [-0.39, 0.29) is 24.4 Å². The van der Waals surface area contributed by atoms with Gasteiger partial charge in [-0.3, -0.25) is 9.69 Å². The lowest BCUT2D eigenvalue weighted by atomic mass is 9.95. The number of fused-ring (bicyclic) bond motifs is 4. The average molecular weight is 375 g/mol. The van der Waals surface area contributed by atoms with Crippen LogP contribution in [0.4, 0.5) is 4.39 Å². The number of hydrogen-bond acceptors (Lipinski definition) is 5. The lowest BCUT2D eigenvalue weighted by Gasteiger charge is -2.36. The summed E-state index contributed by atoms with van der Waals surface area (Å²) in [5.74, 6) is 0.722. The maximum Gasteiger partial charge on any atom is 0.260 e. The quantitative estimate of drug-likeness (QED) is 0.806. The van der Waals surface area contributed by atoms with Gasteiger partial charge in [0.05, 0.1) is 11.2 Å². The molecule has 3 fully saturated rings. The summed E-state index contributed by atoms with van der Waals surface area (Å²) >= 11 is 1.62. The largest absolute Gasteiger partial charge is 0.484 e. The number of benzene rings is 1. The predicted molar refractivity (Wildman–Crippen MR) is 97.5 cm³/mol. The van der Waals surface area contributed by atoms with E-state index >= 15 is 0 Å². The summed E-state index contributed by atoms with van der Waals surface area (Å²) in [4.78, 5) is 21.5. The second kappa shape index (κ2) is 7.72. The van der Waals surface area contributed by atoms with E-state index in [1.165, 1.54) is 18.6 Å². The number of carbonyl (C=O) groups is 1. The number of aromatic nitrogens is 1. The lowest BCUT2D eigenvalue weighted by molar-refractivity contribution is -0.137. The molecule has 0 spiro atoms. The van der Waals surface area contributed by atoms with E-state index in [1.54, 1.807) is 23.5 Å². The standard InChI is InChI=1S/C19H22FN3O2S/c20-15-2-5-18(6-3-15)25-11-19(24)23-8-14-1-4-17(23)10-22(7-14)9-16-12-26-13-21-16/h2-3,5-6,12-14,17H,1,4,7-11H2. The van der Waals surface area contributed by atoms with E-state index in [0.717, 1.165) is 38.3 Å². The highest BCUT2D eigenvalue weighted by molar-refractivity contribution is 7.07. The highest BCUT2D eigenvalue weighted by Crippen LogP contribution is 2.29. The van der Waals surface area contributed by atoms with Crippen molar-refractivity contribution in [2.45, 2.75) is 25.4 Å². The Morgan fingerprint density at radius 1 is 1.23 bits per heavy atom. The Labute approximate surface area is 156 Å². The van der Waals surface area contributed by atoms with Crippen LogP contribution >= 0.6 is 11.3 Å². The van der Waals surface area contributed by atoms with Gasteiger partial charge in [0, 0.05) is 37.6 Å². The molecule has 0 aliphatic carbocycles. The molecular weight excluding hydrogens is 353 g/mol. The molecule has 3 aliphatic rings. The van der Waals surface area contributed by atoms with Crippen molar-refractivity contribution in [3.05, 3.63) is 46.7 Å². The Morgan fingerprint density at radius 3 is 2.85 bits per heavy atom. The summed E-state index contributed by atoms with van der Waals surface area (Å²) in [5, 5.41) is 2.09. The number of carbonyl (C=O) groups excluding carboxylic acids is 1. The first-order chi connectivity index (χ1) is 12.7. The number of rotatable bonds is 5. The maximum atomic E-state index is 13.0. The summed E-state index contributed by atoms with van der Waals surface area (Å²) in [6.07, 6.45) is 2.21. The first-order valence-corrected chi connectivity index (χ1v) is 9.89. The Kier molecular flexibility index (Phi) is 5.17. The van der Waals surface area contributed by atoms with Crippen molar-refractivity contribution in [2.24, 2.45) is 5.92 Å². The van der Waals surface area contributed by atoms with Gasteiger partial charge in [0.15, 0.2) is 6.61 Å². The van der Waals surface area contributed by atoms with Crippen molar-refractivity contribution in [3.63, 3.8) is 0 Å². The van der Waals surface area contributed by atoms with Gasteiger partial charge in [0.2, 0.25) is 0 Å². The highest BCUT2D eigenvalue weighted by Gasteiger charge is 2.37. The molecule has 3 saturated heterocycles. The Balaban J connectivity index is 1.36. The Bertz CT molecular complexity index is 738. The monoisotopic (exact) mass is 375 g/mol. The predicted octanol–water partition coefficient (Wildman–Crippen LogP) is 2.78. The van der Waals surface area contributed by atoms with Crippen LogP contribution in [0.25, 0.3) is 0 Å². The highest BCUT2D eigenvalue weighted by atomic mass is 32.1. The van der Waals surface area contributed by atoms with Crippen molar-refractivity contribution in [1.29, 1.82) is 0 Å². The molecule has 2 bridgehead atoms. The van der Waals surface area contributed by atoms with E-state index in [4.69, 9.17) is 4.74 Å². The Morgan fingerprint density at radius 2 is 2.08 bits per heavy atom. The van der Waals surface area contributed by atoms with Gasteiger partial charge >= 0.3 is 0 Å². The summed E-state index contributed by atoms with van der Waals surface area (Å²) in [5.41, 5.74) is 2.97. The molecule has 1 amide bonds. The summed E-state index contributed by atoms with van der Waals surface area (Å²) in [6, 6.07) is 6.00. The van der Waals surface area contributed by atoms with Crippen LogP contribution in [0.3, 0.4) is 0 Å². The molecule has 2 unspecified atom stereocenters. The number of amides is 1. The number of ether oxygens (including phenoxy) is 1. The zero-order chi connectivity index (χ0) is 17.9. The minimum Gasteiger partial charge on any atom is -0.484 e. The Hall–Kier alpha value is -1.99. The third-order valence-electron chi connectivity index (χ3n) is 5.15. The average Bonchev–Trinajstić information content (AvgIpc) is 2.99. The van der Waals surface area contributed by atoms with Crippen LogP contribution < -0.4 is 4.74 Å². The van der Waals surface area contributed by atoms with Crippen LogP contribution in [0.1, 0.15) is 18.5 Å². The molecule has 0 saturated carbocycles. The van der Waals surface area contributed by atoms with Gasteiger partial charge < -0.3 is 9.64 Å². The third kappa shape index (κ3) is 4.04. The second-order valence-electron chi connectivity index (χ2n) is 7.06. The molecule has 2 atom stereocenters. The topological polar surface area (TPSA) is 45.7 Å². The lowest BCUT2D eigenvalue weighted by Crippen LogP contribution is -2.49. The van der Waals surface area contributed by atoms with Crippen LogP contribution in [0.5, 0.6) is 5.75 Å². The van der Waals surface area contributed by atoms with E-state index in [9.17, 15) is 9.18 Å². The maximum absolute atomic E-state index is 13.0. The van der Waals surface area contributed by atoms with Gasteiger partial charge in [-0.1, -0.05) is 0 Å². The molecule has 3 aliphatic heterocycles. The van der Waals surface area contributed by atoms with Crippen LogP contribution in [0.15, 0.2) is 35.2 Å². The molecule has 26 heavy (non-hydrogen) atoms. The summed E-state index contributed by atoms with van der Waals surface area (Å²) in [7, 11) is 0. The van der Waals surface area contributed by atoms with Crippen molar-refractivity contribution in [1.82, 2.24) is 14.8 Å². The fourth-order valence-corrected chi connectivity index (χ4v) is 4.47. The molecule has 0 radical (unpaired) electrons. The van der Waals surface area contributed by atoms with Crippen LogP contribution in [-0.4, -0.2) is 53.0 Å². The summed E-state index contributed by atoms with van der Waals surface area (Å²) < 4.78 is 18.5. The molecule has 5 nitrogen and oxygen atoms in total.